The van der Waals surface area contributed by atoms with E-state index in [0.717, 1.165) is 49.2 Å². The van der Waals surface area contributed by atoms with E-state index < -0.39 is 23.2 Å². The minimum atomic E-state index is -0.868. The summed E-state index contributed by atoms with van der Waals surface area (Å²) < 4.78 is 42.0. The first kappa shape index (κ1) is 20.7. The molecule has 2 saturated heterocycles. The fourth-order valence-corrected chi connectivity index (χ4v) is 4.88. The third-order valence-corrected chi connectivity index (χ3v) is 6.61. The Morgan fingerprint density at radius 1 is 1.06 bits per heavy atom. The van der Waals surface area contributed by atoms with Crippen LogP contribution in [0.2, 0.25) is 0 Å². The van der Waals surface area contributed by atoms with Crippen LogP contribution in [0.5, 0.6) is 0 Å². The van der Waals surface area contributed by atoms with Crippen molar-refractivity contribution in [2.24, 2.45) is 5.73 Å². The number of nitrogens with zero attached hydrogens (tertiary/aromatic N) is 2. The van der Waals surface area contributed by atoms with Crippen molar-refractivity contribution in [3.8, 4) is 0 Å². The lowest BCUT2D eigenvalue weighted by molar-refractivity contribution is -0.0660. The molecule has 3 N–H and O–H groups in total. The van der Waals surface area contributed by atoms with Crippen LogP contribution >= 0.6 is 0 Å². The predicted octanol–water partition coefficient (Wildman–Crippen LogP) is 3.90. The van der Waals surface area contributed by atoms with Gasteiger partial charge in [-0.05, 0) is 54.5 Å². The molecule has 1 aliphatic carbocycles. The van der Waals surface area contributed by atoms with Crippen LogP contribution in [-0.4, -0.2) is 50.3 Å². The van der Waals surface area contributed by atoms with Crippen molar-refractivity contribution in [2.45, 2.75) is 24.9 Å². The first-order chi connectivity index (χ1) is 16.2. The highest BCUT2D eigenvalue weighted by atomic mass is 19.1. The van der Waals surface area contributed by atoms with Gasteiger partial charge in [-0.1, -0.05) is 12.2 Å². The topological polar surface area (TPSA) is 53.8 Å². The molecule has 2 fully saturated rings. The van der Waals surface area contributed by atoms with Crippen LogP contribution in [-0.2, 0) is 10.3 Å². The Hall–Kier alpha value is -2.90. The SMILES string of the molecule is [2H]C1(N2CCN(c3cc(C)cc(NC4(c5cc(F)cc(F)c5)C=CC=C(N)C4)c3)CC2)COC1. The number of benzene rings is 2. The van der Waals surface area contributed by atoms with Crippen molar-refractivity contribution in [2.75, 3.05) is 49.6 Å². The van der Waals surface area contributed by atoms with Gasteiger partial charge < -0.3 is 20.7 Å². The Balaban J connectivity index is 1.41. The summed E-state index contributed by atoms with van der Waals surface area (Å²) in [6.45, 7) is 6.23. The molecule has 0 amide bonds. The van der Waals surface area contributed by atoms with Crippen molar-refractivity contribution >= 4 is 11.4 Å². The second kappa shape index (κ2) is 8.80. The summed E-state index contributed by atoms with van der Waals surface area (Å²) in [5.74, 6) is -1.24. The van der Waals surface area contributed by atoms with E-state index in [0.29, 0.717) is 30.9 Å². The molecular formula is C26H30F2N4O. The van der Waals surface area contributed by atoms with Gasteiger partial charge in [0.15, 0.2) is 0 Å². The van der Waals surface area contributed by atoms with Crippen LogP contribution in [0.4, 0.5) is 20.2 Å². The minimum absolute atomic E-state index is 0.391. The lowest BCUT2D eigenvalue weighted by Gasteiger charge is -2.43. The van der Waals surface area contributed by atoms with Crippen molar-refractivity contribution in [3.05, 3.63) is 83.1 Å². The molecule has 2 aromatic rings. The largest absolute Gasteiger partial charge is 0.402 e. The van der Waals surface area contributed by atoms with Crippen LogP contribution in [0.1, 0.15) is 18.9 Å². The van der Waals surface area contributed by atoms with Crippen LogP contribution in [0.25, 0.3) is 0 Å². The Morgan fingerprint density at radius 2 is 1.79 bits per heavy atom. The van der Waals surface area contributed by atoms with Crippen molar-refractivity contribution in [3.63, 3.8) is 0 Å². The Kier molecular flexibility index (Phi) is 5.52. The number of hydrogen-bond acceptors (Lipinski definition) is 5. The van der Waals surface area contributed by atoms with Gasteiger partial charge in [0, 0.05) is 55.7 Å². The molecule has 2 aliphatic heterocycles. The lowest BCUT2D eigenvalue weighted by Crippen LogP contribution is -2.56. The number of ether oxygens (including phenoxy) is 1. The van der Waals surface area contributed by atoms with Gasteiger partial charge in [-0.2, -0.15) is 0 Å². The van der Waals surface area contributed by atoms with E-state index in [4.69, 9.17) is 11.8 Å². The fraction of sp³-hybridized carbons (Fsp3) is 0.385. The minimum Gasteiger partial charge on any atom is -0.402 e. The summed E-state index contributed by atoms with van der Waals surface area (Å²) in [7, 11) is 0. The van der Waals surface area contributed by atoms with Gasteiger partial charge >= 0.3 is 0 Å². The van der Waals surface area contributed by atoms with Crippen LogP contribution < -0.4 is 16.0 Å². The summed E-state index contributed by atoms with van der Waals surface area (Å²) in [6, 6.07) is 9.26. The van der Waals surface area contributed by atoms with E-state index in [1.54, 1.807) is 0 Å². The molecule has 3 aliphatic rings. The number of hydrogen-bond donors (Lipinski definition) is 2. The summed E-state index contributed by atoms with van der Waals surface area (Å²) in [5, 5.41) is 3.54. The first-order valence-electron chi connectivity index (χ1n) is 11.8. The molecule has 2 heterocycles. The van der Waals surface area contributed by atoms with Gasteiger partial charge in [-0.15, -0.1) is 0 Å². The zero-order valence-corrected chi connectivity index (χ0v) is 18.8. The second-order valence-corrected chi connectivity index (χ2v) is 9.12. The zero-order valence-electron chi connectivity index (χ0n) is 19.8. The molecule has 0 spiro atoms. The number of nitrogens with one attached hydrogen (secondary N) is 1. The highest BCUT2D eigenvalue weighted by molar-refractivity contribution is 5.63. The first-order valence-corrected chi connectivity index (χ1v) is 11.3. The summed E-state index contributed by atoms with van der Waals surface area (Å²) >= 11 is 0. The van der Waals surface area contributed by atoms with Gasteiger partial charge in [-0.25, -0.2) is 8.78 Å². The van der Waals surface area contributed by atoms with E-state index in [-0.39, 0.29) is 0 Å². The second-order valence-electron chi connectivity index (χ2n) is 9.12. The highest BCUT2D eigenvalue weighted by Crippen LogP contribution is 2.37. The predicted molar refractivity (Wildman–Crippen MR) is 127 cm³/mol. The van der Waals surface area contributed by atoms with E-state index in [2.05, 4.69) is 27.2 Å². The van der Waals surface area contributed by atoms with Crippen molar-refractivity contribution in [1.82, 2.24) is 4.90 Å². The molecule has 0 saturated carbocycles. The molecule has 7 heteroatoms. The number of allylic oxidation sites excluding steroid dienone is 2. The Labute approximate surface area is 194 Å². The molecule has 0 bridgehead atoms. The normalized spacial score (nSPS) is 25.2. The number of rotatable bonds is 5. The fourth-order valence-electron chi connectivity index (χ4n) is 4.88. The maximum absolute atomic E-state index is 14.1. The molecule has 174 valence electrons. The Morgan fingerprint density at radius 3 is 2.42 bits per heavy atom. The van der Waals surface area contributed by atoms with E-state index in [1.807, 2.05) is 31.2 Å². The Bertz CT molecular complexity index is 1120. The van der Waals surface area contributed by atoms with Gasteiger partial charge in [0.1, 0.15) is 11.6 Å². The average molecular weight is 454 g/mol. The van der Waals surface area contributed by atoms with E-state index >= 15 is 0 Å². The molecule has 1 unspecified atom stereocenters. The lowest BCUT2D eigenvalue weighted by atomic mass is 9.82. The molecule has 2 aromatic carbocycles. The monoisotopic (exact) mass is 453 g/mol. The summed E-state index contributed by atoms with van der Waals surface area (Å²) in [4.78, 5) is 4.51. The summed E-state index contributed by atoms with van der Waals surface area (Å²) in [6.07, 6.45) is 5.93. The van der Waals surface area contributed by atoms with Crippen LogP contribution in [0.15, 0.2) is 60.3 Å². The average Bonchev–Trinajstić information content (AvgIpc) is 2.76. The van der Waals surface area contributed by atoms with Gasteiger partial charge in [0.2, 0.25) is 0 Å². The van der Waals surface area contributed by atoms with Gasteiger partial charge in [0.25, 0.3) is 0 Å². The maximum atomic E-state index is 14.1. The number of nitrogens with two attached hydrogens (primary N) is 1. The zero-order chi connectivity index (χ0) is 23.9. The summed E-state index contributed by atoms with van der Waals surface area (Å²) in [5.41, 5.74) is 9.42. The number of piperazine rings is 1. The van der Waals surface area contributed by atoms with E-state index in [1.165, 1.54) is 12.1 Å². The number of aryl methyl sites for hydroxylation is 1. The molecule has 5 nitrogen and oxygen atoms in total. The number of anilines is 2. The van der Waals surface area contributed by atoms with Crippen molar-refractivity contribution < 1.29 is 14.9 Å². The molecule has 5 rings (SSSR count). The van der Waals surface area contributed by atoms with E-state index in [9.17, 15) is 8.78 Å². The standard InChI is InChI=1S/C26H30F2N4O/c1-18-9-23(14-24(10-18)31-5-7-32(8-6-31)25-16-33-17-25)30-26(4-2-3-22(29)15-26)19-11-20(27)13-21(28)12-19/h2-4,9-14,25,30H,5-8,15-17,29H2,1H3/i25D. The molecule has 1 atom stereocenters. The maximum Gasteiger partial charge on any atom is 0.126 e. The van der Waals surface area contributed by atoms with Crippen LogP contribution in [0, 0.1) is 18.6 Å². The third-order valence-electron chi connectivity index (χ3n) is 6.61. The van der Waals surface area contributed by atoms with Crippen molar-refractivity contribution in [1.29, 1.82) is 0 Å². The quantitative estimate of drug-likeness (QED) is 0.719. The molecule has 33 heavy (non-hydrogen) atoms. The third kappa shape index (κ3) is 4.61. The van der Waals surface area contributed by atoms with Gasteiger partial charge in [-0.3, -0.25) is 4.90 Å². The molecule has 0 radical (unpaired) electrons. The molecular weight excluding hydrogens is 422 g/mol. The van der Waals surface area contributed by atoms with Gasteiger partial charge in [0.05, 0.1) is 26.1 Å². The molecule has 0 aromatic heterocycles. The van der Waals surface area contributed by atoms with Crippen LogP contribution in [0.3, 0.4) is 0 Å². The highest BCUT2D eigenvalue weighted by Gasteiger charge is 2.33. The smallest absolute Gasteiger partial charge is 0.126 e. The number of halogens is 2.